The number of halogens is 1. The van der Waals surface area contributed by atoms with Gasteiger partial charge < -0.3 is 4.57 Å². The van der Waals surface area contributed by atoms with Gasteiger partial charge in [0.05, 0.1) is 6.54 Å². The van der Waals surface area contributed by atoms with Crippen molar-refractivity contribution in [2.24, 2.45) is 0 Å². The monoisotopic (exact) mass is 297 g/mol. The Morgan fingerprint density at radius 3 is 2.75 bits per heavy atom. The molecule has 2 nitrogen and oxygen atoms in total. The molecule has 2 heterocycles. The first-order valence-corrected chi connectivity index (χ1v) is 6.64. The molecule has 0 aromatic carbocycles. The van der Waals surface area contributed by atoms with Gasteiger partial charge in [0.25, 0.3) is 0 Å². The molecular weight excluding hydrogens is 286 g/mol. The minimum atomic E-state index is 0.783. The van der Waals surface area contributed by atoms with E-state index in [9.17, 15) is 4.79 Å². The van der Waals surface area contributed by atoms with E-state index in [0.717, 1.165) is 34.3 Å². The summed E-state index contributed by atoms with van der Waals surface area (Å²) in [7, 11) is 0. The summed E-state index contributed by atoms with van der Waals surface area (Å²) >= 11 is 5.25. The first-order valence-electron chi connectivity index (χ1n) is 4.97. The highest BCUT2D eigenvalue weighted by Crippen LogP contribution is 2.25. The molecule has 0 aliphatic heterocycles. The van der Waals surface area contributed by atoms with Crippen molar-refractivity contribution in [2.45, 2.75) is 20.4 Å². The van der Waals surface area contributed by atoms with Crippen LogP contribution in [0.4, 0.5) is 0 Å². The summed E-state index contributed by atoms with van der Waals surface area (Å²) in [5.41, 5.74) is 2.94. The summed E-state index contributed by atoms with van der Waals surface area (Å²) in [5, 5.41) is 2.06. The lowest BCUT2D eigenvalue weighted by molar-refractivity contribution is 0.112. The molecule has 0 saturated carbocycles. The number of hydrogen-bond donors (Lipinski definition) is 0. The van der Waals surface area contributed by atoms with Gasteiger partial charge in [-0.05, 0) is 47.3 Å². The molecule has 0 saturated heterocycles. The van der Waals surface area contributed by atoms with Crippen molar-refractivity contribution in [2.75, 3.05) is 0 Å². The second-order valence-electron chi connectivity index (χ2n) is 3.72. The maximum atomic E-state index is 10.8. The molecule has 0 atom stereocenters. The van der Waals surface area contributed by atoms with Gasteiger partial charge in [-0.2, -0.15) is 0 Å². The van der Waals surface area contributed by atoms with Crippen molar-refractivity contribution in [1.82, 2.24) is 4.57 Å². The van der Waals surface area contributed by atoms with Crippen LogP contribution in [-0.4, -0.2) is 10.9 Å². The number of aryl methyl sites for hydroxylation is 1. The van der Waals surface area contributed by atoms with E-state index < -0.39 is 0 Å². The molecule has 4 heteroatoms. The van der Waals surface area contributed by atoms with Crippen LogP contribution in [0.2, 0.25) is 0 Å². The van der Waals surface area contributed by atoms with Gasteiger partial charge in [0, 0.05) is 26.3 Å². The van der Waals surface area contributed by atoms with Gasteiger partial charge in [-0.1, -0.05) is 0 Å². The van der Waals surface area contributed by atoms with E-state index in [4.69, 9.17) is 0 Å². The highest BCUT2D eigenvalue weighted by Gasteiger charge is 2.10. The fraction of sp³-hybridized carbons (Fsp3) is 0.250. The molecule has 84 valence electrons. The Hall–Kier alpha value is -0.870. The van der Waals surface area contributed by atoms with E-state index in [0.29, 0.717) is 0 Å². The Morgan fingerprint density at radius 1 is 1.50 bits per heavy atom. The van der Waals surface area contributed by atoms with Crippen LogP contribution in [-0.2, 0) is 6.54 Å². The summed E-state index contributed by atoms with van der Waals surface area (Å²) in [6, 6.07) is 3.98. The Balaban J connectivity index is 2.38. The molecule has 0 spiro atoms. The highest BCUT2D eigenvalue weighted by molar-refractivity contribution is 9.10. The number of aromatic nitrogens is 1. The van der Waals surface area contributed by atoms with Crippen LogP contribution in [0.1, 0.15) is 26.6 Å². The number of hydrogen-bond acceptors (Lipinski definition) is 2. The lowest BCUT2D eigenvalue weighted by Gasteiger charge is -2.08. The number of carbonyl (C=O) groups is 1. The average Bonchev–Trinajstić information content (AvgIpc) is 2.77. The van der Waals surface area contributed by atoms with Gasteiger partial charge >= 0.3 is 0 Å². The van der Waals surface area contributed by atoms with Crippen molar-refractivity contribution in [3.8, 4) is 0 Å². The molecule has 0 amide bonds. The molecule has 2 aromatic heterocycles. The average molecular weight is 298 g/mol. The molecule has 0 bridgehead atoms. The predicted octanol–water partition coefficient (Wildman–Crippen LogP) is 3.79. The van der Waals surface area contributed by atoms with Crippen LogP contribution in [0.3, 0.4) is 0 Å². The van der Waals surface area contributed by atoms with Crippen LogP contribution in [0.25, 0.3) is 0 Å². The molecule has 0 aliphatic carbocycles. The van der Waals surface area contributed by atoms with Gasteiger partial charge in [0.2, 0.25) is 0 Å². The first-order chi connectivity index (χ1) is 7.63. The maximum Gasteiger partial charge on any atom is 0.151 e. The molecule has 0 aliphatic rings. The lowest BCUT2D eigenvalue weighted by Crippen LogP contribution is -2.03. The summed E-state index contributed by atoms with van der Waals surface area (Å²) < 4.78 is 3.30. The van der Waals surface area contributed by atoms with Crippen molar-refractivity contribution in [3.63, 3.8) is 0 Å². The standard InChI is InChI=1S/C12H12BrNOS/c1-8-5-10(7-15)9(2)14(8)6-12-11(13)3-4-16-12/h3-5,7H,6H2,1-2H3. The van der Waals surface area contributed by atoms with Gasteiger partial charge in [-0.25, -0.2) is 0 Å². The van der Waals surface area contributed by atoms with Crippen LogP contribution in [0.5, 0.6) is 0 Å². The summed E-state index contributed by atoms with van der Waals surface area (Å²) in [4.78, 5) is 12.1. The zero-order valence-corrected chi connectivity index (χ0v) is 11.6. The van der Waals surface area contributed by atoms with Gasteiger partial charge in [-0.3, -0.25) is 4.79 Å². The number of rotatable bonds is 3. The van der Waals surface area contributed by atoms with Crippen LogP contribution in [0, 0.1) is 13.8 Å². The second-order valence-corrected chi connectivity index (χ2v) is 5.58. The Bertz CT molecular complexity index is 527. The second kappa shape index (κ2) is 4.55. The summed E-state index contributed by atoms with van der Waals surface area (Å²) in [5.74, 6) is 0. The minimum Gasteiger partial charge on any atom is -0.343 e. The molecule has 0 fully saturated rings. The zero-order valence-electron chi connectivity index (χ0n) is 9.16. The third-order valence-corrected chi connectivity index (χ3v) is 4.64. The zero-order chi connectivity index (χ0) is 11.7. The van der Waals surface area contributed by atoms with Crippen LogP contribution < -0.4 is 0 Å². The minimum absolute atomic E-state index is 0.783. The smallest absolute Gasteiger partial charge is 0.151 e. The van der Waals surface area contributed by atoms with Crippen molar-refractivity contribution in [3.05, 3.63) is 43.8 Å². The quantitative estimate of drug-likeness (QED) is 0.790. The molecule has 0 radical (unpaired) electrons. The molecular formula is C12H12BrNOS. The van der Waals surface area contributed by atoms with Crippen molar-refractivity contribution in [1.29, 1.82) is 0 Å². The van der Waals surface area contributed by atoms with E-state index in [2.05, 4.69) is 31.9 Å². The van der Waals surface area contributed by atoms with Gasteiger partial charge in [0.1, 0.15) is 0 Å². The normalized spacial score (nSPS) is 10.7. The largest absolute Gasteiger partial charge is 0.343 e. The van der Waals surface area contributed by atoms with Crippen LogP contribution in [0.15, 0.2) is 22.0 Å². The first kappa shape index (κ1) is 11.6. The Kier molecular flexibility index (Phi) is 3.30. The number of aldehydes is 1. The third kappa shape index (κ3) is 1.99. The van der Waals surface area contributed by atoms with Gasteiger partial charge in [-0.15, -0.1) is 11.3 Å². The number of thiophene rings is 1. The van der Waals surface area contributed by atoms with Gasteiger partial charge in [0.15, 0.2) is 6.29 Å². The van der Waals surface area contributed by atoms with Crippen LogP contribution >= 0.6 is 27.3 Å². The Morgan fingerprint density at radius 2 is 2.25 bits per heavy atom. The van der Waals surface area contributed by atoms with Crippen molar-refractivity contribution >= 4 is 33.6 Å². The molecule has 2 rings (SSSR count). The molecule has 0 N–H and O–H groups in total. The fourth-order valence-corrected chi connectivity index (χ4v) is 3.24. The SMILES string of the molecule is Cc1cc(C=O)c(C)n1Cc1sccc1Br. The number of nitrogens with zero attached hydrogens (tertiary/aromatic N) is 1. The fourth-order valence-electron chi connectivity index (χ4n) is 1.77. The summed E-state index contributed by atoms with van der Waals surface area (Å²) in [6.07, 6.45) is 0.919. The molecule has 2 aromatic rings. The summed E-state index contributed by atoms with van der Waals surface area (Å²) in [6.45, 7) is 4.84. The predicted molar refractivity (Wildman–Crippen MR) is 70.4 cm³/mol. The number of carbonyl (C=O) groups excluding carboxylic acids is 1. The highest BCUT2D eigenvalue weighted by atomic mass is 79.9. The third-order valence-electron chi connectivity index (χ3n) is 2.73. The topological polar surface area (TPSA) is 22.0 Å². The van der Waals surface area contributed by atoms with E-state index in [-0.39, 0.29) is 0 Å². The van der Waals surface area contributed by atoms with Crippen molar-refractivity contribution < 1.29 is 4.79 Å². The molecule has 0 unspecified atom stereocenters. The Labute approximate surface area is 107 Å². The van der Waals surface area contributed by atoms with E-state index in [1.165, 1.54) is 4.88 Å². The van der Waals surface area contributed by atoms with E-state index >= 15 is 0 Å². The van der Waals surface area contributed by atoms with E-state index in [1.54, 1.807) is 11.3 Å². The van der Waals surface area contributed by atoms with E-state index in [1.807, 2.05) is 19.9 Å². The lowest BCUT2D eigenvalue weighted by atomic mass is 10.3. The molecule has 16 heavy (non-hydrogen) atoms. The maximum absolute atomic E-state index is 10.8.